The summed E-state index contributed by atoms with van der Waals surface area (Å²) in [5, 5.41) is 0. The van der Waals surface area contributed by atoms with E-state index in [1.165, 1.54) is 38.5 Å². The molecule has 10 heteroatoms. The van der Waals surface area contributed by atoms with Gasteiger partial charge in [-0.3, -0.25) is 14.2 Å². The molecule has 0 aliphatic carbocycles. The van der Waals surface area contributed by atoms with Crippen molar-refractivity contribution in [2.75, 3.05) is 47.5 Å². The van der Waals surface area contributed by atoms with Crippen LogP contribution in [-0.4, -0.2) is 70.0 Å². The van der Waals surface area contributed by atoms with Crippen molar-refractivity contribution in [2.24, 2.45) is 0 Å². The minimum absolute atomic E-state index is 0.0514. The maximum Gasteiger partial charge on any atom is 0.306 e. The number of nitrogens with zero attached hydrogens (tertiary/aromatic N) is 1. The fourth-order valence-electron chi connectivity index (χ4n) is 5.44. The normalized spacial score (nSPS) is 14.6. The molecule has 0 spiro atoms. The van der Waals surface area contributed by atoms with Crippen LogP contribution < -0.4 is 4.89 Å². The topological polar surface area (TPSA) is 111 Å². The Kier molecular flexibility index (Phi) is 38.8. The number of phosphoric acid groups is 1. The van der Waals surface area contributed by atoms with E-state index in [-0.39, 0.29) is 26.1 Å². The molecular formula is C50H82NO8P. The molecule has 0 saturated heterocycles. The van der Waals surface area contributed by atoms with Crippen LogP contribution in [0, 0.1) is 0 Å². The molecule has 0 saturated carbocycles. The molecule has 0 aromatic heterocycles. The van der Waals surface area contributed by atoms with Crippen LogP contribution >= 0.6 is 7.82 Å². The molecule has 60 heavy (non-hydrogen) atoms. The second-order valence-corrected chi connectivity index (χ2v) is 17.2. The van der Waals surface area contributed by atoms with E-state index in [1.54, 1.807) is 0 Å². The van der Waals surface area contributed by atoms with Crippen molar-refractivity contribution in [3.8, 4) is 0 Å². The number of esters is 2. The van der Waals surface area contributed by atoms with Gasteiger partial charge in [0.25, 0.3) is 7.82 Å². The summed E-state index contributed by atoms with van der Waals surface area (Å²) in [6, 6.07) is 0. The predicted octanol–water partition coefficient (Wildman–Crippen LogP) is 12.5. The number of allylic oxidation sites excluding steroid dienone is 18. The van der Waals surface area contributed by atoms with E-state index in [0.29, 0.717) is 30.3 Å². The Morgan fingerprint density at radius 2 is 1.00 bits per heavy atom. The highest BCUT2D eigenvalue weighted by Crippen LogP contribution is 2.38. The van der Waals surface area contributed by atoms with Crippen molar-refractivity contribution < 1.29 is 42.1 Å². The predicted molar refractivity (Wildman–Crippen MR) is 249 cm³/mol. The Morgan fingerprint density at radius 3 is 1.57 bits per heavy atom. The lowest BCUT2D eigenvalue weighted by atomic mass is 10.1. The average Bonchev–Trinajstić information content (AvgIpc) is 3.20. The van der Waals surface area contributed by atoms with Crippen LogP contribution in [0.5, 0.6) is 0 Å². The van der Waals surface area contributed by atoms with Gasteiger partial charge < -0.3 is 27.9 Å². The molecule has 0 aliphatic rings. The number of carbonyl (C=O) groups excluding carboxylic acids is 2. The first kappa shape index (κ1) is 56.7. The zero-order valence-electron chi connectivity index (χ0n) is 38.1. The minimum Gasteiger partial charge on any atom is -0.756 e. The van der Waals surface area contributed by atoms with Gasteiger partial charge in [0.05, 0.1) is 27.7 Å². The van der Waals surface area contributed by atoms with Crippen LogP contribution in [0.4, 0.5) is 0 Å². The monoisotopic (exact) mass is 856 g/mol. The summed E-state index contributed by atoms with van der Waals surface area (Å²) in [7, 11) is 1.10. The fourth-order valence-corrected chi connectivity index (χ4v) is 6.17. The molecule has 0 heterocycles. The smallest absolute Gasteiger partial charge is 0.306 e. The van der Waals surface area contributed by atoms with Crippen molar-refractivity contribution in [1.29, 1.82) is 0 Å². The van der Waals surface area contributed by atoms with Crippen LogP contribution in [0.25, 0.3) is 0 Å². The van der Waals surface area contributed by atoms with Gasteiger partial charge in [0.1, 0.15) is 19.8 Å². The maximum absolute atomic E-state index is 12.6. The summed E-state index contributed by atoms with van der Waals surface area (Å²) < 4.78 is 33.8. The van der Waals surface area contributed by atoms with E-state index in [9.17, 15) is 19.0 Å². The molecule has 0 aromatic carbocycles. The quantitative estimate of drug-likeness (QED) is 0.0150. The van der Waals surface area contributed by atoms with Crippen molar-refractivity contribution in [2.45, 2.75) is 148 Å². The van der Waals surface area contributed by atoms with Gasteiger partial charge in [-0.15, -0.1) is 0 Å². The Bertz CT molecular complexity index is 1380. The lowest BCUT2D eigenvalue weighted by Gasteiger charge is -2.28. The van der Waals surface area contributed by atoms with E-state index in [0.717, 1.165) is 57.8 Å². The molecule has 0 amide bonds. The third kappa shape index (κ3) is 44.2. The molecule has 9 nitrogen and oxygen atoms in total. The SMILES string of the molecule is CC/C=C/C=C/C=C/C=C/C=C/CCCC(=O)OC(COC(=O)CCCCCCCCCCCC/C=C/C/C=C/C/C=C/C/C=C/CC)COP(=O)([O-])OCC[N+](C)(C)C. The molecule has 0 aliphatic heterocycles. The third-order valence-corrected chi connectivity index (χ3v) is 9.88. The van der Waals surface area contributed by atoms with Gasteiger partial charge in [0, 0.05) is 12.8 Å². The summed E-state index contributed by atoms with van der Waals surface area (Å²) >= 11 is 0. The van der Waals surface area contributed by atoms with E-state index < -0.39 is 32.5 Å². The van der Waals surface area contributed by atoms with Gasteiger partial charge in [-0.05, 0) is 64.2 Å². The third-order valence-electron chi connectivity index (χ3n) is 8.92. The molecule has 2 unspecified atom stereocenters. The van der Waals surface area contributed by atoms with E-state index >= 15 is 0 Å². The highest BCUT2D eigenvalue weighted by Gasteiger charge is 2.21. The van der Waals surface area contributed by atoms with Crippen molar-refractivity contribution in [3.63, 3.8) is 0 Å². The standard InChI is InChI=1S/C50H82NO8P/c1-6-8-10-12-14-16-18-20-21-22-23-24-25-26-27-28-29-31-32-34-36-38-40-42-49(52)56-46-48(47-58-60(54,55)57-45-44-51(3,4)5)59-50(53)43-41-39-37-35-33-30-19-17-15-13-11-9-7-2/h8-11,13-17,19-21,23-24,30,33,35,37,48H,6-7,12,18,22,25-29,31-32,34,36,38-47H2,1-5H3/b10-8+,11-9+,15-13+,16-14+,19-17+,21-20+,24-23+,33-30+,37-35+. The van der Waals surface area contributed by atoms with Gasteiger partial charge in [-0.2, -0.15) is 0 Å². The van der Waals surface area contributed by atoms with Gasteiger partial charge in [-0.1, -0.05) is 175 Å². The number of phosphoric ester groups is 1. The summed E-state index contributed by atoms with van der Waals surface area (Å²) in [5.41, 5.74) is 0. The zero-order valence-corrected chi connectivity index (χ0v) is 39.0. The van der Waals surface area contributed by atoms with Crippen LogP contribution in [0.3, 0.4) is 0 Å². The first-order valence-electron chi connectivity index (χ1n) is 22.7. The van der Waals surface area contributed by atoms with E-state index in [1.807, 2.05) is 75.8 Å². The molecule has 0 radical (unpaired) electrons. The number of rotatable bonds is 39. The second kappa shape index (κ2) is 41.0. The first-order chi connectivity index (χ1) is 29.0. The largest absolute Gasteiger partial charge is 0.756 e. The number of carbonyl (C=O) groups is 2. The summed E-state index contributed by atoms with van der Waals surface area (Å²) in [6.07, 6.45) is 55.7. The van der Waals surface area contributed by atoms with Crippen LogP contribution in [0.15, 0.2) is 109 Å². The van der Waals surface area contributed by atoms with Crippen LogP contribution in [0.2, 0.25) is 0 Å². The van der Waals surface area contributed by atoms with Gasteiger partial charge >= 0.3 is 11.9 Å². The molecule has 0 fully saturated rings. The first-order valence-corrected chi connectivity index (χ1v) is 24.1. The van der Waals surface area contributed by atoms with E-state index in [2.05, 4.69) is 68.5 Å². The second-order valence-electron chi connectivity index (χ2n) is 15.8. The van der Waals surface area contributed by atoms with Crippen molar-refractivity contribution in [3.05, 3.63) is 109 Å². The highest BCUT2D eigenvalue weighted by molar-refractivity contribution is 7.45. The summed E-state index contributed by atoms with van der Waals surface area (Å²) in [4.78, 5) is 37.5. The summed E-state index contributed by atoms with van der Waals surface area (Å²) in [5.74, 6) is -0.938. The number of ether oxygens (including phenoxy) is 2. The fraction of sp³-hybridized carbons (Fsp3) is 0.600. The van der Waals surface area contributed by atoms with Gasteiger partial charge in [0.15, 0.2) is 6.10 Å². The number of unbranched alkanes of at least 4 members (excludes halogenated alkanes) is 11. The Hall–Kier alpha value is -3.33. The van der Waals surface area contributed by atoms with Crippen molar-refractivity contribution in [1.82, 2.24) is 0 Å². The molecule has 0 aromatic rings. The molecular weight excluding hydrogens is 774 g/mol. The minimum atomic E-state index is -4.65. The zero-order chi connectivity index (χ0) is 44.3. The molecule has 0 N–H and O–H groups in total. The Balaban J connectivity index is 4.36. The van der Waals surface area contributed by atoms with Crippen LogP contribution in [-0.2, 0) is 32.7 Å². The van der Waals surface area contributed by atoms with Crippen LogP contribution in [0.1, 0.15) is 142 Å². The Morgan fingerprint density at radius 1 is 0.533 bits per heavy atom. The number of quaternary nitrogens is 1. The molecule has 0 rings (SSSR count). The highest BCUT2D eigenvalue weighted by atomic mass is 31.2. The molecule has 2 atom stereocenters. The Labute approximate surface area is 366 Å². The van der Waals surface area contributed by atoms with Crippen molar-refractivity contribution >= 4 is 19.8 Å². The number of hydrogen-bond donors (Lipinski definition) is 0. The lowest BCUT2D eigenvalue weighted by Crippen LogP contribution is -2.37. The summed E-state index contributed by atoms with van der Waals surface area (Å²) in [6.45, 7) is 3.85. The van der Waals surface area contributed by atoms with E-state index in [4.69, 9.17) is 18.5 Å². The number of likely N-dealkylation sites (N-methyl/N-ethyl adjacent to an activating group) is 1. The van der Waals surface area contributed by atoms with Gasteiger partial charge in [-0.25, -0.2) is 0 Å². The maximum atomic E-state index is 12.6. The molecule has 0 bridgehead atoms. The lowest BCUT2D eigenvalue weighted by molar-refractivity contribution is -0.870. The van der Waals surface area contributed by atoms with Gasteiger partial charge in [0.2, 0.25) is 0 Å². The number of hydrogen-bond acceptors (Lipinski definition) is 8. The average molecular weight is 856 g/mol. The molecule has 340 valence electrons.